The summed E-state index contributed by atoms with van der Waals surface area (Å²) in [6.45, 7) is 13.8. The predicted molar refractivity (Wildman–Crippen MR) is 417 cm³/mol. The zero-order chi connectivity index (χ0) is 68.8. The lowest BCUT2D eigenvalue weighted by atomic mass is 9.53. The molecule has 0 amide bonds. The van der Waals surface area contributed by atoms with E-state index in [-0.39, 0.29) is 22.7 Å². The van der Waals surface area contributed by atoms with Gasteiger partial charge in [0.15, 0.2) is 0 Å². The molecule has 21 rings (SSSR count). The van der Waals surface area contributed by atoms with Gasteiger partial charge in [-0.25, -0.2) is 9.97 Å². The summed E-state index contributed by atoms with van der Waals surface area (Å²) in [5.74, 6) is 15.8. The quantitative estimate of drug-likeness (QED) is 0.172. The Kier molecular flexibility index (Phi) is 13.5. The second-order valence-electron chi connectivity index (χ2n) is 30.0. The van der Waals surface area contributed by atoms with Crippen LogP contribution in [-0.4, -0.2) is 19.9 Å². The van der Waals surface area contributed by atoms with Crippen molar-refractivity contribution in [3.63, 3.8) is 0 Å². The predicted octanol–water partition coefficient (Wildman–Crippen LogP) is 22.2. The number of aromatic nitrogens is 4. The van der Waals surface area contributed by atoms with Crippen molar-refractivity contribution in [2.45, 2.75) is 75.0 Å². The molecule has 5 nitrogen and oxygen atoms in total. The number of H-pyrrole nitrogens is 2. The highest BCUT2D eigenvalue weighted by molar-refractivity contribution is 6.00. The molecular weight excluding hydrogens is 1240 g/mol. The Hall–Kier alpha value is -12.6. The van der Waals surface area contributed by atoms with Crippen molar-refractivity contribution in [2.24, 2.45) is 0 Å². The summed E-state index contributed by atoms with van der Waals surface area (Å²) < 4.78 is 0. The zero-order valence-electron chi connectivity index (χ0n) is 57.6. The second kappa shape index (κ2) is 22.7. The molecule has 0 saturated heterocycles. The average Bonchev–Trinajstić information content (AvgIpc) is 0.803. The van der Waals surface area contributed by atoms with Crippen molar-refractivity contribution in [1.29, 1.82) is 5.26 Å². The van der Waals surface area contributed by atoms with Crippen molar-refractivity contribution in [1.82, 2.24) is 19.9 Å². The number of benzene rings is 10. The van der Waals surface area contributed by atoms with Gasteiger partial charge in [-0.3, -0.25) is 0 Å². The molecule has 5 heterocycles. The Bertz CT molecular complexity index is 5700. The minimum Gasteiger partial charge on any atom is -0.354 e. The minimum atomic E-state index is -0.646. The fourth-order valence-electron chi connectivity index (χ4n) is 17.4. The maximum Gasteiger partial charge on any atom is 0.107 e. The number of rotatable bonds is 4. The molecule has 6 aliphatic carbocycles. The Balaban J connectivity index is 0.818. The number of nitriles is 1. The number of hydrogen-bond donors (Lipinski definition) is 2. The number of aromatic amines is 2. The third-order valence-corrected chi connectivity index (χ3v) is 22.2. The van der Waals surface area contributed by atoms with Gasteiger partial charge < -0.3 is 9.97 Å². The summed E-state index contributed by atoms with van der Waals surface area (Å²) in [5, 5.41) is 10.1. The molecule has 102 heavy (non-hydrogen) atoms. The molecule has 3 aromatic heterocycles. The molecule has 12 bridgehead atoms. The van der Waals surface area contributed by atoms with Gasteiger partial charge >= 0.3 is 0 Å². The largest absolute Gasteiger partial charge is 0.354 e. The Morgan fingerprint density at radius 2 is 0.578 bits per heavy atom. The van der Waals surface area contributed by atoms with Gasteiger partial charge in [-0.15, -0.1) is 0 Å². The first-order chi connectivity index (χ1) is 49.7. The van der Waals surface area contributed by atoms with Gasteiger partial charge in [-0.05, 0) is 196 Å². The standard InChI is InChI=1S/C97H69N5/c1-94(2,3)66-55-65(56-67(57-66)95(4,5)6)91-86-49-47-84(101-86)88(62-37-31-59(32-38-62)51-53-96-74-25-13-7-19-68(74)92(69-20-8-14-26-75(69)96)70-21-9-15-27-76(70)96)80-43-45-82(99-80)90(64-41-35-61(58-98)36-42-64)83-46-44-81(100-83)89(85-48-50-87(91)102-85)63-39-33-60(34-40-63)52-54-97-77-28-16-10-22-71(77)93(72-23-11-17-29-78(72)97)73-24-12-18-30-79(73)97/h7-50,55-57,92-93,99,102H,1-6H3. The van der Waals surface area contributed by atoms with Gasteiger partial charge in [-0.1, -0.05) is 265 Å². The van der Waals surface area contributed by atoms with Crippen LogP contribution in [0.2, 0.25) is 0 Å². The van der Waals surface area contributed by atoms with E-state index in [1.54, 1.807) is 0 Å². The van der Waals surface area contributed by atoms with E-state index in [0.717, 1.165) is 100 Å². The summed E-state index contributed by atoms with van der Waals surface area (Å²) >= 11 is 0. The number of nitrogens with zero attached hydrogens (tertiary/aromatic N) is 3. The maximum absolute atomic E-state index is 10.1. The van der Waals surface area contributed by atoms with E-state index in [4.69, 9.17) is 9.97 Å². The Labute approximate surface area is 595 Å². The fraction of sp³-hybridized carbons (Fsp3) is 0.124. The molecule has 0 fully saturated rings. The third-order valence-electron chi connectivity index (χ3n) is 22.2. The first-order valence-corrected chi connectivity index (χ1v) is 35.4. The van der Waals surface area contributed by atoms with Crippen LogP contribution in [-0.2, 0) is 21.7 Å². The lowest BCUT2D eigenvalue weighted by Gasteiger charge is -2.48. The third kappa shape index (κ3) is 9.27. The Morgan fingerprint density at radius 3 is 0.853 bits per heavy atom. The van der Waals surface area contributed by atoms with Gasteiger partial charge in [0.05, 0.1) is 34.4 Å². The summed E-state index contributed by atoms with van der Waals surface area (Å²) in [6.07, 6.45) is 8.64. The van der Waals surface area contributed by atoms with Crippen molar-refractivity contribution in [3.8, 4) is 74.3 Å². The van der Waals surface area contributed by atoms with E-state index in [0.29, 0.717) is 5.56 Å². The van der Waals surface area contributed by atoms with Crippen LogP contribution in [0.5, 0.6) is 0 Å². The summed E-state index contributed by atoms with van der Waals surface area (Å²) in [7, 11) is 0. The smallest absolute Gasteiger partial charge is 0.107 e. The van der Waals surface area contributed by atoms with E-state index < -0.39 is 10.8 Å². The van der Waals surface area contributed by atoms with Crippen LogP contribution in [0.3, 0.4) is 0 Å². The van der Waals surface area contributed by atoms with Gasteiger partial charge in [0.25, 0.3) is 0 Å². The van der Waals surface area contributed by atoms with Crippen molar-refractivity contribution in [2.75, 3.05) is 0 Å². The second-order valence-corrected chi connectivity index (χ2v) is 30.0. The van der Waals surface area contributed by atoms with Gasteiger partial charge in [0.2, 0.25) is 0 Å². The van der Waals surface area contributed by atoms with Crippen LogP contribution in [0.25, 0.3) is 90.9 Å². The summed E-state index contributed by atoms with van der Waals surface area (Å²) in [6, 6.07) is 97.0. The number of hydrogen-bond acceptors (Lipinski definition) is 3. The Morgan fingerprint density at radius 1 is 0.314 bits per heavy atom. The molecule has 482 valence electrons. The van der Waals surface area contributed by atoms with Crippen LogP contribution < -0.4 is 0 Å². The minimum absolute atomic E-state index is 0.153. The lowest BCUT2D eigenvalue weighted by Crippen LogP contribution is -2.41. The molecule has 10 aromatic carbocycles. The number of fused-ring (bicyclic) bond motifs is 8. The SMILES string of the molecule is CC(C)(C)c1cc(-c2c3nc(c(-c4ccc(C#CC56c7ccccc7C(c7ccccc75)c5ccccc56)cc4)c4ccc([nH]4)c(-c4ccc(C#N)cc4)c4nc(c(-c5ccc(C#CC67c8ccccc8C(c8ccccc86)c6ccccc67)cc5)c5ccc2[nH]5)C=C4)C=C3)cc(C(C)(C)C)c1. The van der Waals surface area contributed by atoms with Crippen LogP contribution >= 0.6 is 0 Å². The molecule has 0 spiro atoms. The first kappa shape index (κ1) is 60.6. The highest BCUT2D eigenvalue weighted by atomic mass is 14.8. The van der Waals surface area contributed by atoms with Gasteiger partial charge in [0.1, 0.15) is 10.8 Å². The molecule has 2 aliphatic heterocycles. The molecule has 0 radical (unpaired) electrons. The van der Waals surface area contributed by atoms with E-state index in [1.807, 2.05) is 24.3 Å². The highest BCUT2D eigenvalue weighted by Crippen LogP contribution is 2.61. The van der Waals surface area contributed by atoms with Crippen LogP contribution in [0.15, 0.2) is 261 Å². The molecule has 8 aliphatic rings. The topological polar surface area (TPSA) is 81.2 Å². The molecule has 13 aromatic rings. The molecular formula is C97H69N5. The van der Waals surface area contributed by atoms with Crippen molar-refractivity contribution >= 4 is 46.4 Å². The number of nitrogens with one attached hydrogen (secondary N) is 2. The monoisotopic (exact) mass is 1300 g/mol. The normalized spacial score (nSPS) is 17.3. The van der Waals surface area contributed by atoms with Crippen molar-refractivity contribution < 1.29 is 0 Å². The van der Waals surface area contributed by atoms with Gasteiger partial charge in [0, 0.05) is 67.3 Å². The van der Waals surface area contributed by atoms with Crippen LogP contribution in [0.1, 0.15) is 171 Å². The molecule has 0 saturated carbocycles. The van der Waals surface area contributed by atoms with E-state index in [2.05, 4.69) is 342 Å². The zero-order valence-corrected chi connectivity index (χ0v) is 57.6. The first-order valence-electron chi connectivity index (χ1n) is 35.4. The molecule has 0 atom stereocenters. The lowest BCUT2D eigenvalue weighted by molar-refractivity contribution is 0.569. The molecule has 2 N–H and O–H groups in total. The van der Waals surface area contributed by atoms with E-state index in [1.165, 1.54) is 77.9 Å². The summed E-state index contributed by atoms with van der Waals surface area (Å²) in [5.41, 5.74) is 33.3. The van der Waals surface area contributed by atoms with Crippen LogP contribution in [0.4, 0.5) is 0 Å². The average molecular weight is 1300 g/mol. The van der Waals surface area contributed by atoms with Crippen LogP contribution in [0, 0.1) is 35.0 Å². The fourth-order valence-corrected chi connectivity index (χ4v) is 17.4. The molecule has 5 heteroatoms. The maximum atomic E-state index is 10.1. The highest BCUT2D eigenvalue weighted by Gasteiger charge is 2.52. The summed E-state index contributed by atoms with van der Waals surface area (Å²) in [4.78, 5) is 19.5. The van der Waals surface area contributed by atoms with E-state index in [9.17, 15) is 5.26 Å². The van der Waals surface area contributed by atoms with Crippen molar-refractivity contribution in [3.05, 3.63) is 378 Å². The molecule has 0 unspecified atom stereocenters. The van der Waals surface area contributed by atoms with Gasteiger partial charge in [-0.2, -0.15) is 5.26 Å². The van der Waals surface area contributed by atoms with E-state index >= 15 is 0 Å².